The van der Waals surface area contributed by atoms with Crippen molar-refractivity contribution in [2.45, 2.75) is 0 Å². The van der Waals surface area contributed by atoms with E-state index in [0.29, 0.717) is 5.69 Å². The van der Waals surface area contributed by atoms with Crippen molar-refractivity contribution in [3.8, 4) is 44.5 Å². The van der Waals surface area contributed by atoms with Gasteiger partial charge in [-0.15, -0.1) is 0 Å². The normalized spacial score (nSPS) is 12.0. The Balaban J connectivity index is 1.48. The van der Waals surface area contributed by atoms with Gasteiger partial charge in [0.2, 0.25) is 0 Å². The molecule has 0 amide bonds. The molecule has 4 N–H and O–H groups in total. The van der Waals surface area contributed by atoms with Gasteiger partial charge in [0.1, 0.15) is 0 Å². The van der Waals surface area contributed by atoms with Crippen LogP contribution in [0.25, 0.3) is 90.9 Å². The number of nitrogens with one attached hydrogen (secondary N) is 2. The Kier molecular flexibility index (Phi) is 6.76. The van der Waals surface area contributed by atoms with Gasteiger partial charge in [0.25, 0.3) is 0 Å². The molecule has 8 heteroatoms. The number of H-pyrrole nitrogens is 2. The van der Waals surface area contributed by atoms with Gasteiger partial charge in [0.05, 0.1) is 22.8 Å². The molecule has 8 heterocycles. The van der Waals surface area contributed by atoms with Crippen LogP contribution in [0.5, 0.6) is 0 Å². The fourth-order valence-electron chi connectivity index (χ4n) is 6.63. The van der Waals surface area contributed by atoms with Crippen molar-refractivity contribution in [1.29, 1.82) is 0 Å². The van der Waals surface area contributed by atoms with Crippen molar-refractivity contribution in [2.24, 2.45) is 0 Å². The third-order valence-corrected chi connectivity index (χ3v) is 8.86. The molecule has 0 aliphatic carbocycles. The van der Waals surface area contributed by atoms with Gasteiger partial charge in [0.15, 0.2) is 0 Å². The highest BCUT2D eigenvalue weighted by Crippen LogP contribution is 2.38. The molecule has 0 atom stereocenters. The molecular weight excluding hydrogens is 605 g/mol. The Morgan fingerprint density at radius 2 is 0.633 bits per heavy atom. The minimum Gasteiger partial charge on any atom is -0.399 e. The van der Waals surface area contributed by atoms with Crippen LogP contribution in [0.2, 0.25) is 0 Å². The standard InChI is InChI=1S/C41H28N8/c42-29-3-1-25(2-4-29)38-30-5-7-32(46-30)39(26-13-19-43-20-14-26)34-9-11-36(48-34)41(28-17-23-45-24-18-28)37-12-10-35(49-37)40(27-15-21-44-22-16-27)33-8-6-31(38)47-33/h1-24,46,49H,42H2. The van der Waals surface area contributed by atoms with Gasteiger partial charge in [-0.05, 0) is 119 Å². The molecule has 8 bridgehead atoms. The fraction of sp³-hybridized carbons (Fsp3) is 0. The first-order chi connectivity index (χ1) is 24.2. The van der Waals surface area contributed by atoms with E-state index >= 15 is 0 Å². The first kappa shape index (κ1) is 28.3. The summed E-state index contributed by atoms with van der Waals surface area (Å²) in [4.78, 5) is 31.0. The predicted molar refractivity (Wildman–Crippen MR) is 198 cm³/mol. The second-order valence-electron chi connectivity index (χ2n) is 11.8. The maximum absolute atomic E-state index is 6.13. The third-order valence-electron chi connectivity index (χ3n) is 8.86. The monoisotopic (exact) mass is 632 g/mol. The van der Waals surface area contributed by atoms with Crippen LogP contribution in [0.4, 0.5) is 5.69 Å². The lowest BCUT2D eigenvalue weighted by Gasteiger charge is -2.07. The molecule has 2 aliphatic rings. The molecule has 232 valence electrons. The zero-order valence-corrected chi connectivity index (χ0v) is 26.2. The van der Waals surface area contributed by atoms with Crippen molar-refractivity contribution < 1.29 is 0 Å². The molecule has 6 aromatic heterocycles. The van der Waals surface area contributed by atoms with Gasteiger partial charge in [0, 0.05) is 87.2 Å². The number of aromatic nitrogens is 7. The van der Waals surface area contributed by atoms with E-state index in [1.807, 2.05) is 97.8 Å². The molecule has 0 fully saturated rings. The number of anilines is 1. The second-order valence-corrected chi connectivity index (χ2v) is 11.8. The quantitative estimate of drug-likeness (QED) is 0.166. The Morgan fingerprint density at radius 1 is 0.347 bits per heavy atom. The van der Waals surface area contributed by atoms with Crippen LogP contribution in [-0.2, 0) is 0 Å². The van der Waals surface area contributed by atoms with Crippen LogP contribution >= 0.6 is 0 Å². The van der Waals surface area contributed by atoms with Gasteiger partial charge < -0.3 is 15.7 Å². The molecular formula is C41H28N8. The van der Waals surface area contributed by atoms with Crippen LogP contribution in [0.1, 0.15) is 22.8 Å². The maximum atomic E-state index is 6.13. The largest absolute Gasteiger partial charge is 0.399 e. The SMILES string of the molecule is Nc1ccc(-c2c3nc(c(-c4ccncc4)c4ccc([nH]4)c(-c4ccncc4)c4nc(c(-c5ccncc5)c5ccc2[nH]5)C=C4)C=C3)cc1. The highest BCUT2D eigenvalue weighted by atomic mass is 14.8. The van der Waals surface area contributed by atoms with E-state index in [2.05, 4.69) is 73.5 Å². The zero-order valence-electron chi connectivity index (χ0n) is 26.2. The molecule has 49 heavy (non-hydrogen) atoms. The lowest BCUT2D eigenvalue weighted by Crippen LogP contribution is -1.90. The fourth-order valence-corrected chi connectivity index (χ4v) is 6.63. The topological polar surface area (TPSA) is 122 Å². The number of aromatic amines is 2. The summed E-state index contributed by atoms with van der Waals surface area (Å²) < 4.78 is 0. The summed E-state index contributed by atoms with van der Waals surface area (Å²) in [5.74, 6) is 0. The summed E-state index contributed by atoms with van der Waals surface area (Å²) in [6, 6.07) is 28.4. The van der Waals surface area contributed by atoms with E-state index in [4.69, 9.17) is 15.7 Å². The minimum atomic E-state index is 0.700. The number of nitrogens with zero attached hydrogens (tertiary/aromatic N) is 5. The predicted octanol–water partition coefficient (Wildman–Crippen LogP) is 9.09. The van der Waals surface area contributed by atoms with E-state index in [1.165, 1.54) is 0 Å². The highest BCUT2D eigenvalue weighted by Gasteiger charge is 2.18. The van der Waals surface area contributed by atoms with Gasteiger partial charge in [-0.1, -0.05) is 12.1 Å². The highest BCUT2D eigenvalue weighted by molar-refractivity contribution is 5.99. The summed E-state index contributed by atoms with van der Waals surface area (Å²) in [5, 5.41) is 0. The van der Waals surface area contributed by atoms with E-state index in [0.717, 1.165) is 89.4 Å². The molecule has 8 nitrogen and oxygen atoms in total. The number of benzene rings is 1. The summed E-state index contributed by atoms with van der Waals surface area (Å²) in [6.07, 6.45) is 19.2. The van der Waals surface area contributed by atoms with E-state index in [-0.39, 0.29) is 0 Å². The average molecular weight is 633 g/mol. The van der Waals surface area contributed by atoms with Crippen LogP contribution in [0, 0.1) is 0 Å². The van der Waals surface area contributed by atoms with Gasteiger partial charge in [-0.2, -0.15) is 0 Å². The maximum Gasteiger partial charge on any atom is 0.0737 e. The zero-order chi connectivity index (χ0) is 32.7. The molecule has 1 aromatic carbocycles. The second kappa shape index (κ2) is 11.7. The van der Waals surface area contributed by atoms with Crippen LogP contribution in [-0.4, -0.2) is 34.9 Å². The number of nitrogens with two attached hydrogens (primary N) is 1. The summed E-state index contributed by atoms with van der Waals surface area (Å²) in [7, 11) is 0. The number of fused-ring (bicyclic) bond motifs is 8. The van der Waals surface area contributed by atoms with Crippen molar-refractivity contribution in [3.63, 3.8) is 0 Å². The van der Waals surface area contributed by atoms with E-state index in [1.54, 1.807) is 0 Å². The number of rotatable bonds is 4. The summed E-state index contributed by atoms with van der Waals surface area (Å²) in [5.41, 5.74) is 21.8. The molecule has 0 unspecified atom stereocenters. The third kappa shape index (κ3) is 5.08. The lowest BCUT2D eigenvalue weighted by molar-refractivity contribution is 1.29. The van der Waals surface area contributed by atoms with Crippen molar-refractivity contribution in [2.75, 3.05) is 5.73 Å². The van der Waals surface area contributed by atoms with E-state index in [9.17, 15) is 0 Å². The van der Waals surface area contributed by atoms with E-state index < -0.39 is 0 Å². The Morgan fingerprint density at radius 3 is 0.939 bits per heavy atom. The molecule has 9 rings (SSSR count). The van der Waals surface area contributed by atoms with Crippen molar-refractivity contribution in [3.05, 3.63) is 145 Å². The van der Waals surface area contributed by atoms with Gasteiger partial charge in [-0.3, -0.25) is 15.0 Å². The molecule has 7 aromatic rings. The molecule has 0 saturated heterocycles. The first-order valence-electron chi connectivity index (χ1n) is 15.9. The minimum absolute atomic E-state index is 0.700. The van der Waals surface area contributed by atoms with Crippen LogP contribution in [0.3, 0.4) is 0 Å². The van der Waals surface area contributed by atoms with Gasteiger partial charge in [-0.25, -0.2) is 9.97 Å². The van der Waals surface area contributed by atoms with Gasteiger partial charge >= 0.3 is 0 Å². The number of hydrogen-bond acceptors (Lipinski definition) is 6. The number of hydrogen-bond donors (Lipinski definition) is 3. The summed E-state index contributed by atoms with van der Waals surface area (Å²) in [6.45, 7) is 0. The molecule has 2 aliphatic heterocycles. The number of pyridine rings is 3. The molecule has 0 spiro atoms. The molecule has 0 radical (unpaired) electrons. The smallest absolute Gasteiger partial charge is 0.0737 e. The Hall–Kier alpha value is -6.93. The lowest BCUT2D eigenvalue weighted by atomic mass is 10.0. The summed E-state index contributed by atoms with van der Waals surface area (Å²) >= 11 is 0. The van der Waals surface area contributed by atoms with Crippen LogP contribution < -0.4 is 5.73 Å². The number of nitrogen functional groups attached to an aromatic ring is 1. The average Bonchev–Trinajstić information content (AvgIpc) is 3.98. The Labute approximate surface area is 281 Å². The van der Waals surface area contributed by atoms with Crippen LogP contribution in [0.15, 0.2) is 122 Å². The molecule has 0 saturated carbocycles. The van der Waals surface area contributed by atoms with Crippen molar-refractivity contribution >= 4 is 52.1 Å². The Bertz CT molecular complexity index is 2550. The van der Waals surface area contributed by atoms with Crippen molar-refractivity contribution in [1.82, 2.24) is 34.9 Å². The first-order valence-corrected chi connectivity index (χ1v) is 15.9.